The molecule has 6 rings (SSSR count). The summed E-state index contributed by atoms with van der Waals surface area (Å²) in [6, 6.07) is 16.6. The Balaban J connectivity index is 1.24. The molecule has 1 aliphatic heterocycles. The van der Waals surface area contributed by atoms with Crippen LogP contribution in [0.4, 0.5) is 8.78 Å². The quantitative estimate of drug-likeness (QED) is 0.232. The van der Waals surface area contributed by atoms with Crippen molar-refractivity contribution in [1.29, 1.82) is 0 Å². The van der Waals surface area contributed by atoms with Gasteiger partial charge >= 0.3 is 0 Å². The highest BCUT2D eigenvalue weighted by atomic mass is 19.3. The van der Waals surface area contributed by atoms with Crippen molar-refractivity contribution in [2.45, 2.75) is 25.3 Å². The van der Waals surface area contributed by atoms with Crippen LogP contribution in [0.15, 0.2) is 96.1 Å². The maximum Gasteiger partial charge on any atom is 0.255 e. The number of rotatable bonds is 7. The molecule has 0 bridgehead atoms. The maximum atomic E-state index is 13.5. The fraction of sp³-hybridized carbons (Fsp3) is 0.182. The lowest BCUT2D eigenvalue weighted by molar-refractivity contribution is -0.116. The van der Waals surface area contributed by atoms with Crippen LogP contribution < -0.4 is 5.32 Å². The third kappa shape index (κ3) is 6.48. The van der Waals surface area contributed by atoms with Gasteiger partial charge < -0.3 is 14.6 Å². The van der Waals surface area contributed by atoms with Crippen molar-refractivity contribution >= 4 is 28.9 Å². The first-order valence-electron chi connectivity index (χ1n) is 13.8. The van der Waals surface area contributed by atoms with Crippen molar-refractivity contribution in [3.63, 3.8) is 0 Å². The number of alkyl halides is 2. The summed E-state index contributed by atoms with van der Waals surface area (Å²) in [5.74, 6) is -2.73. The lowest BCUT2D eigenvalue weighted by Gasteiger charge is -2.31. The molecule has 0 radical (unpaired) electrons. The number of piperidine rings is 1. The van der Waals surface area contributed by atoms with Crippen LogP contribution in [0.5, 0.6) is 0 Å². The first kappa shape index (κ1) is 27.9. The molecule has 0 aliphatic carbocycles. The highest BCUT2D eigenvalue weighted by Crippen LogP contribution is 2.35. The van der Waals surface area contributed by atoms with E-state index in [0.29, 0.717) is 22.6 Å². The highest BCUT2D eigenvalue weighted by molar-refractivity contribution is 5.97. The molecule has 10 heteroatoms. The second kappa shape index (κ2) is 11.9. The van der Waals surface area contributed by atoms with Crippen LogP contribution in [0, 0.1) is 0 Å². The van der Waals surface area contributed by atoms with Crippen LogP contribution in [-0.2, 0) is 11.3 Å². The van der Waals surface area contributed by atoms with Gasteiger partial charge in [-0.15, -0.1) is 0 Å². The predicted molar refractivity (Wildman–Crippen MR) is 158 cm³/mol. The normalized spacial score (nSPS) is 14.7. The van der Waals surface area contributed by atoms with E-state index in [1.54, 1.807) is 49.1 Å². The summed E-state index contributed by atoms with van der Waals surface area (Å²) in [4.78, 5) is 39.5. The fourth-order valence-corrected chi connectivity index (χ4v) is 4.97. The second-order valence-corrected chi connectivity index (χ2v) is 10.3. The molecule has 1 aromatic carbocycles. The molecule has 1 N–H and O–H groups in total. The Kier molecular flexibility index (Phi) is 7.74. The Bertz CT molecular complexity index is 1780. The van der Waals surface area contributed by atoms with Crippen LogP contribution >= 0.6 is 0 Å². The number of benzene rings is 1. The van der Waals surface area contributed by atoms with Crippen LogP contribution in [0.25, 0.3) is 39.4 Å². The van der Waals surface area contributed by atoms with Crippen LogP contribution in [0.2, 0.25) is 0 Å². The Morgan fingerprint density at radius 1 is 0.953 bits per heavy atom. The molecule has 43 heavy (non-hydrogen) atoms. The Labute approximate surface area is 246 Å². The molecule has 8 nitrogen and oxygen atoms in total. The molecule has 0 spiro atoms. The first-order chi connectivity index (χ1) is 20.8. The minimum absolute atomic E-state index is 0.0167. The smallest absolute Gasteiger partial charge is 0.255 e. The summed E-state index contributed by atoms with van der Waals surface area (Å²) in [6.45, 7) is 0.218. The highest BCUT2D eigenvalue weighted by Gasteiger charge is 2.35. The van der Waals surface area contributed by atoms with Gasteiger partial charge in [-0.25, -0.2) is 8.78 Å². The van der Waals surface area contributed by atoms with Crippen molar-refractivity contribution in [2.24, 2.45) is 0 Å². The van der Waals surface area contributed by atoms with Gasteiger partial charge in [0.1, 0.15) is 11.3 Å². The van der Waals surface area contributed by atoms with Gasteiger partial charge in [0.05, 0.1) is 17.8 Å². The van der Waals surface area contributed by atoms with E-state index in [0.717, 1.165) is 27.6 Å². The number of likely N-dealkylation sites (tertiary alicyclic amines) is 1. The lowest BCUT2D eigenvalue weighted by atomic mass is 9.99. The summed E-state index contributed by atoms with van der Waals surface area (Å²) in [5.41, 5.74) is 4.86. The van der Waals surface area contributed by atoms with Gasteiger partial charge in [-0.05, 0) is 54.1 Å². The summed E-state index contributed by atoms with van der Waals surface area (Å²) in [7, 11) is 0. The first-order valence-corrected chi connectivity index (χ1v) is 13.8. The zero-order valence-electron chi connectivity index (χ0n) is 23.0. The number of hydrogen-bond acceptors (Lipinski definition) is 6. The van der Waals surface area contributed by atoms with E-state index in [9.17, 15) is 18.4 Å². The van der Waals surface area contributed by atoms with Gasteiger partial charge in [0.2, 0.25) is 5.91 Å². The van der Waals surface area contributed by atoms with E-state index >= 15 is 0 Å². The SMILES string of the molecule is O=C(/C=C\c1cccnc1)NCc1cc2cc(-c3ccc(C(=O)N4CCC(F)(F)CC4)cn3)cc(-c3cccnc3)c2o1. The average molecular weight is 580 g/mol. The van der Waals surface area contributed by atoms with Crippen molar-refractivity contribution in [1.82, 2.24) is 25.2 Å². The van der Waals surface area contributed by atoms with Gasteiger partial charge in [-0.3, -0.25) is 24.5 Å². The van der Waals surface area contributed by atoms with Gasteiger partial charge in [-0.2, -0.15) is 0 Å². The summed E-state index contributed by atoms with van der Waals surface area (Å²) in [5, 5.41) is 3.65. The second-order valence-electron chi connectivity index (χ2n) is 10.3. The number of carbonyl (C=O) groups is 2. The van der Waals surface area contributed by atoms with E-state index in [1.165, 1.54) is 17.2 Å². The van der Waals surface area contributed by atoms with Crippen molar-refractivity contribution in [3.05, 3.63) is 109 Å². The van der Waals surface area contributed by atoms with E-state index in [4.69, 9.17) is 4.42 Å². The van der Waals surface area contributed by atoms with Gasteiger partial charge in [0.15, 0.2) is 0 Å². The van der Waals surface area contributed by atoms with E-state index in [-0.39, 0.29) is 44.3 Å². The molecule has 5 heterocycles. The lowest BCUT2D eigenvalue weighted by Crippen LogP contribution is -2.42. The molecule has 216 valence electrons. The van der Waals surface area contributed by atoms with Crippen molar-refractivity contribution in [2.75, 3.05) is 13.1 Å². The third-order valence-corrected chi connectivity index (χ3v) is 7.28. The fourth-order valence-electron chi connectivity index (χ4n) is 4.97. The molecule has 0 unspecified atom stereocenters. The minimum atomic E-state index is -2.72. The van der Waals surface area contributed by atoms with Crippen LogP contribution in [0.3, 0.4) is 0 Å². The zero-order chi connectivity index (χ0) is 29.8. The third-order valence-electron chi connectivity index (χ3n) is 7.28. The Morgan fingerprint density at radius 2 is 1.74 bits per heavy atom. The molecule has 2 amide bonds. The van der Waals surface area contributed by atoms with Gasteiger partial charge in [-0.1, -0.05) is 12.1 Å². The number of fused-ring (bicyclic) bond motifs is 1. The zero-order valence-corrected chi connectivity index (χ0v) is 23.0. The van der Waals surface area contributed by atoms with E-state index < -0.39 is 5.92 Å². The summed E-state index contributed by atoms with van der Waals surface area (Å²) in [6.07, 6.45) is 10.7. The van der Waals surface area contributed by atoms with Crippen LogP contribution in [0.1, 0.15) is 34.5 Å². The van der Waals surface area contributed by atoms with E-state index in [2.05, 4.69) is 20.3 Å². The molecule has 0 saturated carbocycles. The number of amides is 2. The number of aromatic nitrogens is 3. The van der Waals surface area contributed by atoms with Crippen LogP contribution in [-0.4, -0.2) is 50.7 Å². The largest absolute Gasteiger partial charge is 0.459 e. The van der Waals surface area contributed by atoms with Crippen molar-refractivity contribution < 1.29 is 22.8 Å². The topological polar surface area (TPSA) is 101 Å². The molecule has 1 saturated heterocycles. The standard InChI is InChI=1S/C33H27F2N5O3/c34-33(35)9-13-40(14-10-33)32(42)24-6-7-29(38-20-24)25-15-26-16-27(21-39-30(41)8-5-22-3-1-11-36-18-22)43-31(26)28(17-25)23-4-2-12-37-19-23/h1-8,11-12,15-20H,9-10,13-14,21H2,(H,39,41)/b8-5-. The predicted octanol–water partition coefficient (Wildman–Crippen LogP) is 6.15. The molecule has 1 fully saturated rings. The molecule has 5 aromatic rings. The van der Waals surface area contributed by atoms with Crippen molar-refractivity contribution in [3.8, 4) is 22.4 Å². The van der Waals surface area contributed by atoms with Gasteiger partial charge in [0, 0.05) is 85.1 Å². The maximum absolute atomic E-state index is 13.5. The number of nitrogens with zero attached hydrogens (tertiary/aromatic N) is 4. The number of furan rings is 1. The number of hydrogen-bond donors (Lipinski definition) is 1. The van der Waals surface area contributed by atoms with E-state index in [1.807, 2.05) is 36.4 Å². The molecule has 0 atom stereocenters. The molecular weight excluding hydrogens is 552 g/mol. The molecular formula is C33H27F2N5O3. The summed E-state index contributed by atoms with van der Waals surface area (Å²) < 4.78 is 33.3. The molecule has 1 aliphatic rings. The summed E-state index contributed by atoms with van der Waals surface area (Å²) >= 11 is 0. The average Bonchev–Trinajstić information content (AvgIpc) is 3.46. The Hall–Kier alpha value is -5.25. The number of carbonyl (C=O) groups excluding carboxylic acids is 2. The molecule has 4 aromatic heterocycles. The minimum Gasteiger partial charge on any atom is -0.459 e. The van der Waals surface area contributed by atoms with Gasteiger partial charge in [0.25, 0.3) is 11.8 Å². The number of pyridine rings is 3. The number of nitrogens with one attached hydrogen (secondary N) is 1. The monoisotopic (exact) mass is 579 g/mol. The Morgan fingerprint density at radius 3 is 2.44 bits per heavy atom. The number of halogens is 2.